The molecule has 4 aliphatic heterocycles. The first-order chi connectivity index (χ1) is 18.7. The number of nitrogens with zero attached hydrogens (tertiary/aromatic N) is 5. The summed E-state index contributed by atoms with van der Waals surface area (Å²) in [6, 6.07) is 6.50. The Morgan fingerprint density at radius 3 is 2.59 bits per heavy atom. The summed E-state index contributed by atoms with van der Waals surface area (Å²) in [5, 5.41) is 4.66. The first kappa shape index (κ1) is 27.9. The summed E-state index contributed by atoms with van der Waals surface area (Å²) in [7, 11) is 4.31. The fourth-order valence-electron chi connectivity index (χ4n) is 6.16. The van der Waals surface area contributed by atoms with E-state index in [2.05, 4.69) is 90.3 Å². The van der Waals surface area contributed by atoms with Crippen molar-refractivity contribution in [3.05, 3.63) is 76.9 Å². The lowest BCUT2D eigenvalue weighted by molar-refractivity contribution is 0.255. The maximum absolute atomic E-state index is 6.57. The summed E-state index contributed by atoms with van der Waals surface area (Å²) in [4.78, 5) is 14.5. The molecule has 0 amide bonds. The molecule has 0 radical (unpaired) electrons. The van der Waals surface area contributed by atoms with Crippen molar-refractivity contribution in [1.82, 2.24) is 24.9 Å². The summed E-state index contributed by atoms with van der Waals surface area (Å²) in [6.45, 7) is 18.8. The van der Waals surface area contributed by atoms with E-state index in [0.29, 0.717) is 0 Å². The molecule has 6 nitrogen and oxygen atoms in total. The van der Waals surface area contributed by atoms with E-state index in [0.717, 1.165) is 91.9 Å². The van der Waals surface area contributed by atoms with Crippen LogP contribution in [0.2, 0.25) is 5.02 Å². The van der Waals surface area contributed by atoms with Gasteiger partial charge in [0.25, 0.3) is 0 Å². The van der Waals surface area contributed by atoms with Crippen LogP contribution in [0.15, 0.2) is 65.7 Å². The Kier molecular flexibility index (Phi) is 8.16. The molecular formula is C32H45ClN6. The summed E-state index contributed by atoms with van der Waals surface area (Å²) in [5.74, 6) is 3.17. The standard InChI is InChI=1S/C32H45ClN6/c1-7-32(4)22-25-12-13-26(33)20-27(25)24(3)39-17-9-8-11-28(39)23(2)19-29-35-30(38-15-10-16-38)21-31(37(29)6)36(5)18-14-34-32/h12-13,19-21,28,34H,2-3,7-11,14-18,22H2,1,4-6H3/b29-19-. The minimum absolute atomic E-state index is 0.0478. The number of amidine groups is 1. The quantitative estimate of drug-likeness (QED) is 0.487. The van der Waals surface area contributed by atoms with E-state index in [4.69, 9.17) is 16.6 Å². The Morgan fingerprint density at radius 1 is 1.08 bits per heavy atom. The average Bonchev–Trinajstić information content (AvgIpc) is 2.89. The highest BCUT2D eigenvalue weighted by Crippen LogP contribution is 2.35. The summed E-state index contributed by atoms with van der Waals surface area (Å²) < 4.78 is 0. The fraction of sp³-hybridized carbons (Fsp3) is 0.531. The van der Waals surface area contributed by atoms with Crippen LogP contribution < -0.4 is 5.32 Å². The predicted molar refractivity (Wildman–Crippen MR) is 165 cm³/mol. The first-order valence-electron chi connectivity index (χ1n) is 14.6. The van der Waals surface area contributed by atoms with Gasteiger partial charge < -0.3 is 24.9 Å². The van der Waals surface area contributed by atoms with Gasteiger partial charge in [0.15, 0.2) is 0 Å². The van der Waals surface area contributed by atoms with Gasteiger partial charge in [0, 0.05) is 74.7 Å². The lowest BCUT2D eigenvalue weighted by Crippen LogP contribution is -2.48. The van der Waals surface area contributed by atoms with Gasteiger partial charge in [-0.25, -0.2) is 4.99 Å². The summed E-state index contributed by atoms with van der Waals surface area (Å²) in [5.41, 5.74) is 4.53. The smallest absolute Gasteiger partial charge is 0.136 e. The van der Waals surface area contributed by atoms with Crippen LogP contribution in [0.4, 0.5) is 0 Å². The van der Waals surface area contributed by atoms with Gasteiger partial charge in [0.1, 0.15) is 17.5 Å². The molecule has 0 aliphatic carbocycles. The molecule has 0 saturated carbocycles. The fourth-order valence-corrected chi connectivity index (χ4v) is 6.33. The monoisotopic (exact) mass is 548 g/mol. The molecule has 0 spiro atoms. The molecule has 0 aromatic heterocycles. The summed E-state index contributed by atoms with van der Waals surface area (Å²) in [6.07, 6.45) is 11.0. The van der Waals surface area contributed by atoms with E-state index in [9.17, 15) is 0 Å². The Hall–Kier alpha value is -2.70. The molecule has 2 atom stereocenters. The number of likely N-dealkylation sites (N-methyl/N-ethyl adjacent to an activating group) is 1. The van der Waals surface area contributed by atoms with E-state index in [1.165, 1.54) is 24.2 Å². The second-order valence-electron chi connectivity index (χ2n) is 11.8. The maximum Gasteiger partial charge on any atom is 0.136 e. The summed E-state index contributed by atoms with van der Waals surface area (Å²) >= 11 is 6.57. The van der Waals surface area contributed by atoms with Gasteiger partial charge in [0.05, 0.1) is 6.04 Å². The number of hydrogen-bond donors (Lipinski definition) is 1. The van der Waals surface area contributed by atoms with Gasteiger partial charge in [0.2, 0.25) is 0 Å². The van der Waals surface area contributed by atoms with Crippen molar-refractivity contribution in [1.29, 1.82) is 0 Å². The number of nitrogens with one attached hydrogen (secondary N) is 1. The van der Waals surface area contributed by atoms with Crippen molar-refractivity contribution in [2.45, 2.75) is 64.0 Å². The minimum atomic E-state index is -0.0478. The van der Waals surface area contributed by atoms with Crippen molar-refractivity contribution >= 4 is 23.1 Å². The Morgan fingerprint density at radius 2 is 1.87 bits per heavy atom. The molecule has 5 rings (SSSR count). The molecule has 210 valence electrons. The SMILES string of the molecule is C=C1/C=C2/N=C(N3CCC3)C=C(N(C)CCNC(C)(CC)Cc3ccc(Cl)cc3C(=C)N3CCCCC13)N2C. The third kappa shape index (κ3) is 5.78. The van der Waals surface area contributed by atoms with Crippen molar-refractivity contribution in [2.24, 2.45) is 4.99 Å². The van der Waals surface area contributed by atoms with Crippen LogP contribution in [0.1, 0.15) is 57.1 Å². The molecule has 2 bridgehead atoms. The first-order valence-corrected chi connectivity index (χ1v) is 15.0. The van der Waals surface area contributed by atoms with Gasteiger partial charge >= 0.3 is 0 Å². The highest BCUT2D eigenvalue weighted by molar-refractivity contribution is 6.30. The molecular weight excluding hydrogens is 504 g/mol. The van der Waals surface area contributed by atoms with Crippen LogP contribution in [0, 0.1) is 0 Å². The lowest BCUT2D eigenvalue weighted by Gasteiger charge is -2.42. The Balaban J connectivity index is 1.59. The molecule has 1 aromatic carbocycles. The number of fused-ring (bicyclic) bond motifs is 4. The molecule has 1 aromatic rings. The van der Waals surface area contributed by atoms with Crippen molar-refractivity contribution in [2.75, 3.05) is 46.8 Å². The Labute approximate surface area is 240 Å². The van der Waals surface area contributed by atoms with E-state index in [1.807, 2.05) is 6.07 Å². The molecule has 2 unspecified atom stereocenters. The molecule has 39 heavy (non-hydrogen) atoms. The van der Waals surface area contributed by atoms with E-state index >= 15 is 0 Å². The zero-order valence-electron chi connectivity index (χ0n) is 24.3. The van der Waals surface area contributed by atoms with E-state index in [-0.39, 0.29) is 11.6 Å². The third-order valence-corrected chi connectivity index (χ3v) is 9.32. The predicted octanol–water partition coefficient (Wildman–Crippen LogP) is 5.70. The van der Waals surface area contributed by atoms with Gasteiger partial charge in [-0.3, -0.25) is 0 Å². The second kappa shape index (κ2) is 11.4. The Bertz CT molecular complexity index is 1210. The van der Waals surface area contributed by atoms with Gasteiger partial charge in [-0.05, 0) is 74.8 Å². The van der Waals surface area contributed by atoms with Gasteiger partial charge in [-0.2, -0.15) is 0 Å². The van der Waals surface area contributed by atoms with Crippen LogP contribution >= 0.6 is 11.6 Å². The van der Waals surface area contributed by atoms with Crippen molar-refractivity contribution in [3.63, 3.8) is 0 Å². The lowest BCUT2D eigenvalue weighted by atomic mass is 9.86. The van der Waals surface area contributed by atoms with Crippen LogP contribution in [-0.4, -0.2) is 83.8 Å². The molecule has 7 heteroatoms. The van der Waals surface area contributed by atoms with Gasteiger partial charge in [-0.1, -0.05) is 37.7 Å². The van der Waals surface area contributed by atoms with Crippen LogP contribution in [0.5, 0.6) is 0 Å². The largest absolute Gasteiger partial charge is 0.364 e. The molecule has 2 fully saturated rings. The number of halogens is 1. The molecule has 4 heterocycles. The highest BCUT2D eigenvalue weighted by Gasteiger charge is 2.31. The van der Waals surface area contributed by atoms with Crippen LogP contribution in [-0.2, 0) is 6.42 Å². The number of likely N-dealkylation sites (tertiary alicyclic amines) is 1. The number of hydrogen-bond acceptors (Lipinski definition) is 6. The molecule has 2 saturated heterocycles. The zero-order chi connectivity index (χ0) is 27.7. The molecule has 4 aliphatic rings. The second-order valence-corrected chi connectivity index (χ2v) is 12.3. The minimum Gasteiger partial charge on any atom is -0.364 e. The average molecular weight is 549 g/mol. The maximum atomic E-state index is 6.57. The number of aliphatic imine (C=N–C) groups is 1. The van der Waals surface area contributed by atoms with Crippen molar-refractivity contribution in [3.8, 4) is 0 Å². The topological polar surface area (TPSA) is 37.4 Å². The normalized spacial score (nSPS) is 28.1. The van der Waals surface area contributed by atoms with Gasteiger partial charge in [-0.15, -0.1) is 0 Å². The number of benzene rings is 1. The number of rotatable bonds is 1. The van der Waals surface area contributed by atoms with E-state index < -0.39 is 0 Å². The zero-order valence-corrected chi connectivity index (χ0v) is 25.0. The van der Waals surface area contributed by atoms with Crippen LogP contribution in [0.25, 0.3) is 5.70 Å². The van der Waals surface area contributed by atoms with E-state index in [1.54, 1.807) is 0 Å². The van der Waals surface area contributed by atoms with Crippen molar-refractivity contribution < 1.29 is 0 Å². The van der Waals surface area contributed by atoms with Crippen LogP contribution in [0.3, 0.4) is 0 Å². The molecule has 1 N–H and O–H groups in total. The number of piperidine rings is 1. The third-order valence-electron chi connectivity index (χ3n) is 9.08. The highest BCUT2D eigenvalue weighted by atomic mass is 35.5.